The van der Waals surface area contributed by atoms with Crippen LogP contribution in [0.25, 0.3) is 0 Å². The summed E-state index contributed by atoms with van der Waals surface area (Å²) >= 11 is 0. The highest BCUT2D eigenvalue weighted by molar-refractivity contribution is 5.92. The Labute approximate surface area is 280 Å². The van der Waals surface area contributed by atoms with Crippen LogP contribution in [0.2, 0.25) is 0 Å². The maximum absolute atomic E-state index is 14.5. The van der Waals surface area contributed by atoms with E-state index in [0.29, 0.717) is 36.7 Å². The van der Waals surface area contributed by atoms with Crippen LogP contribution in [-0.2, 0) is 30.3 Å². The topological polar surface area (TPSA) is 103 Å². The van der Waals surface area contributed by atoms with Crippen LogP contribution in [0.1, 0.15) is 84.6 Å². The maximum Gasteiger partial charge on any atom is 0.320 e. The van der Waals surface area contributed by atoms with Gasteiger partial charge >= 0.3 is 5.97 Å². The number of carbonyl (C=O) groups is 3. The second kappa shape index (κ2) is 12.8. The highest BCUT2D eigenvalue weighted by Crippen LogP contribution is 2.60. The van der Waals surface area contributed by atoms with E-state index >= 15 is 0 Å². The van der Waals surface area contributed by atoms with Crippen LogP contribution in [0.15, 0.2) is 30.0 Å². The Balaban J connectivity index is 1.27. The van der Waals surface area contributed by atoms with Gasteiger partial charge in [0.1, 0.15) is 5.41 Å². The molecule has 2 aliphatic heterocycles. The number of methoxy groups -OCH3 is 3. The van der Waals surface area contributed by atoms with Crippen LogP contribution in [0.5, 0.6) is 11.5 Å². The number of rotatable bonds is 10. The van der Waals surface area contributed by atoms with E-state index in [9.17, 15) is 14.4 Å². The number of fused-ring (bicyclic) bond motifs is 1. The van der Waals surface area contributed by atoms with E-state index in [1.54, 1.807) is 19.1 Å². The fraction of sp³-hybridized carbons (Fsp3) is 0.711. The van der Waals surface area contributed by atoms with Crippen molar-refractivity contribution in [2.24, 2.45) is 39.9 Å². The zero-order chi connectivity index (χ0) is 33.7. The summed E-state index contributed by atoms with van der Waals surface area (Å²) in [5, 5.41) is 3.27. The Morgan fingerprint density at radius 1 is 0.979 bits per heavy atom. The molecule has 5 fully saturated rings. The Kier molecular flexibility index (Phi) is 9.18. The van der Waals surface area contributed by atoms with Gasteiger partial charge in [0, 0.05) is 31.1 Å². The Bertz CT molecular complexity index is 1380. The molecule has 9 heteroatoms. The number of ether oxygens (including phenoxy) is 4. The van der Waals surface area contributed by atoms with Gasteiger partial charge in [0.05, 0.1) is 33.5 Å². The van der Waals surface area contributed by atoms with Crippen LogP contribution in [0, 0.1) is 39.9 Å². The number of nitrogens with one attached hydrogen (secondary N) is 1. The Morgan fingerprint density at radius 3 is 2.19 bits per heavy atom. The van der Waals surface area contributed by atoms with Gasteiger partial charge in [0.15, 0.2) is 11.5 Å². The molecule has 0 unspecified atom stereocenters. The lowest BCUT2D eigenvalue weighted by atomic mass is 9.49. The van der Waals surface area contributed by atoms with E-state index < -0.39 is 23.4 Å². The maximum atomic E-state index is 14.5. The molecule has 0 spiro atoms. The Hall–Kier alpha value is -3.07. The zero-order valence-electron chi connectivity index (χ0n) is 29.4. The molecule has 4 bridgehead atoms. The normalized spacial score (nSPS) is 34.4. The molecule has 1 N–H and O–H groups in total. The molecule has 4 saturated carbocycles. The largest absolute Gasteiger partial charge is 0.493 e. The standard InChI is InChI=1S/C38H54N2O7/c1-23-38(35(43)46-7)21-28(16-33(41)39-22-37-18-25-12-26(19-37)14-27(13-25)20-37)34(42)40(31(38)17-32(47-23)36(2,3)4)11-10-24-8-9-29(44-5)30(15-24)45-6/h8-9,15,17,23,25-28,32H,10-14,16,18-22H2,1-7H3,(H,39,41)/t23-,25?,26?,27?,28-,32-,37?,38+/m0/s1. The molecule has 258 valence electrons. The number of benzene rings is 1. The van der Waals surface area contributed by atoms with Crippen molar-refractivity contribution in [2.45, 2.75) is 97.7 Å². The number of hydrogen-bond acceptors (Lipinski definition) is 7. The van der Waals surface area contributed by atoms with Crippen LogP contribution >= 0.6 is 0 Å². The summed E-state index contributed by atoms with van der Waals surface area (Å²) in [7, 11) is 4.58. The second-order valence-electron chi connectivity index (χ2n) is 16.3. The van der Waals surface area contributed by atoms with Gasteiger partial charge < -0.3 is 29.2 Å². The van der Waals surface area contributed by atoms with Crippen molar-refractivity contribution in [1.29, 1.82) is 0 Å². The second-order valence-corrected chi connectivity index (χ2v) is 16.3. The molecule has 1 aromatic carbocycles. The van der Waals surface area contributed by atoms with Crippen LogP contribution in [0.3, 0.4) is 0 Å². The molecule has 0 aromatic heterocycles. The van der Waals surface area contributed by atoms with Crippen LogP contribution < -0.4 is 14.8 Å². The minimum absolute atomic E-state index is 0.0273. The summed E-state index contributed by atoms with van der Waals surface area (Å²) in [5.74, 6) is 2.25. The first-order chi connectivity index (χ1) is 22.3. The number of likely N-dealkylation sites (tertiary alicyclic amines) is 1. The number of carbonyl (C=O) groups excluding carboxylic acids is 3. The summed E-state index contributed by atoms with van der Waals surface area (Å²) in [6, 6.07) is 5.72. The van der Waals surface area contributed by atoms with Gasteiger partial charge in [-0.05, 0) is 111 Å². The lowest BCUT2D eigenvalue weighted by molar-refractivity contribution is -0.180. The summed E-state index contributed by atoms with van der Waals surface area (Å²) in [6.07, 6.45) is 9.45. The molecule has 9 nitrogen and oxygen atoms in total. The molecule has 47 heavy (non-hydrogen) atoms. The highest BCUT2D eigenvalue weighted by atomic mass is 16.5. The molecule has 4 aliphatic carbocycles. The number of hydrogen-bond donors (Lipinski definition) is 1. The summed E-state index contributed by atoms with van der Waals surface area (Å²) in [5.41, 5.74) is 0.299. The molecule has 0 radical (unpaired) electrons. The summed E-state index contributed by atoms with van der Waals surface area (Å²) in [6.45, 7) is 9.16. The summed E-state index contributed by atoms with van der Waals surface area (Å²) in [4.78, 5) is 43.8. The first-order valence-corrected chi connectivity index (χ1v) is 17.6. The quantitative estimate of drug-likeness (QED) is 0.325. The van der Waals surface area contributed by atoms with Crippen molar-refractivity contribution in [3.05, 3.63) is 35.5 Å². The van der Waals surface area contributed by atoms with Gasteiger partial charge in [0.2, 0.25) is 11.8 Å². The van der Waals surface area contributed by atoms with Gasteiger partial charge in [-0.25, -0.2) is 0 Å². The number of amides is 2. The van der Waals surface area contributed by atoms with E-state index in [4.69, 9.17) is 18.9 Å². The van der Waals surface area contributed by atoms with Crippen LogP contribution in [0.4, 0.5) is 0 Å². The van der Waals surface area contributed by atoms with Gasteiger partial charge in [-0.3, -0.25) is 14.4 Å². The molecule has 6 aliphatic rings. The van der Waals surface area contributed by atoms with Crippen molar-refractivity contribution in [2.75, 3.05) is 34.4 Å². The van der Waals surface area contributed by atoms with Gasteiger partial charge in [-0.15, -0.1) is 0 Å². The first-order valence-electron chi connectivity index (χ1n) is 17.6. The molecule has 1 saturated heterocycles. The summed E-state index contributed by atoms with van der Waals surface area (Å²) < 4.78 is 22.9. The van der Waals surface area contributed by atoms with Crippen molar-refractivity contribution in [3.63, 3.8) is 0 Å². The fourth-order valence-corrected chi connectivity index (χ4v) is 10.0. The van der Waals surface area contributed by atoms with Crippen LogP contribution in [-0.4, -0.2) is 69.3 Å². The SMILES string of the molecule is COC(=O)[C@@]12C[C@H](CC(=O)NCC34CC5CC(CC(C5)C3)C4)C(=O)N(CCc3ccc(OC)c(OC)c3)C1=C[C@@H](C(C)(C)C)O[C@H]2C. The Morgan fingerprint density at radius 2 is 1.62 bits per heavy atom. The molecular formula is C38H54N2O7. The van der Waals surface area contributed by atoms with Gasteiger partial charge in [-0.2, -0.15) is 0 Å². The predicted octanol–water partition coefficient (Wildman–Crippen LogP) is 5.69. The molecule has 4 atom stereocenters. The average Bonchev–Trinajstić information content (AvgIpc) is 3.02. The first kappa shape index (κ1) is 33.8. The molecule has 7 rings (SSSR count). The number of esters is 1. The molecule has 2 heterocycles. The van der Waals surface area contributed by atoms with Crippen molar-refractivity contribution < 1.29 is 33.3 Å². The van der Waals surface area contributed by atoms with E-state index in [-0.39, 0.29) is 41.6 Å². The highest BCUT2D eigenvalue weighted by Gasteiger charge is 2.60. The third-order valence-electron chi connectivity index (χ3n) is 12.0. The monoisotopic (exact) mass is 650 g/mol. The smallest absolute Gasteiger partial charge is 0.320 e. The zero-order valence-corrected chi connectivity index (χ0v) is 29.4. The van der Waals surface area contributed by atoms with E-state index in [1.165, 1.54) is 45.6 Å². The van der Waals surface area contributed by atoms with E-state index in [0.717, 1.165) is 23.3 Å². The van der Waals surface area contributed by atoms with Gasteiger partial charge in [-0.1, -0.05) is 26.8 Å². The number of piperidine rings is 1. The lowest BCUT2D eigenvalue weighted by Crippen LogP contribution is -2.61. The third kappa shape index (κ3) is 6.29. The minimum Gasteiger partial charge on any atom is -0.493 e. The minimum atomic E-state index is -1.22. The fourth-order valence-electron chi connectivity index (χ4n) is 10.0. The van der Waals surface area contributed by atoms with E-state index in [2.05, 4.69) is 26.1 Å². The van der Waals surface area contributed by atoms with Crippen molar-refractivity contribution in [3.8, 4) is 11.5 Å². The lowest BCUT2D eigenvalue weighted by Gasteiger charge is -2.57. The predicted molar refractivity (Wildman–Crippen MR) is 178 cm³/mol. The molecule has 1 aromatic rings. The van der Waals surface area contributed by atoms with Crippen molar-refractivity contribution in [1.82, 2.24) is 10.2 Å². The average molecular weight is 651 g/mol. The molecule has 2 amide bonds. The molecular weight excluding hydrogens is 596 g/mol. The number of nitrogens with zero attached hydrogens (tertiary/aromatic N) is 1. The third-order valence-corrected chi connectivity index (χ3v) is 12.0. The van der Waals surface area contributed by atoms with E-state index in [1.807, 2.05) is 31.2 Å². The van der Waals surface area contributed by atoms with Crippen molar-refractivity contribution >= 4 is 17.8 Å². The van der Waals surface area contributed by atoms with Gasteiger partial charge in [0.25, 0.3) is 0 Å².